The van der Waals surface area contributed by atoms with Crippen molar-refractivity contribution in [2.45, 2.75) is 19.1 Å². The first-order valence-electron chi connectivity index (χ1n) is 5.51. The first-order chi connectivity index (χ1) is 8.49. The molecular formula is C12H16BrNO4. The van der Waals surface area contributed by atoms with E-state index in [2.05, 4.69) is 21.2 Å². The number of halogens is 1. The molecule has 0 fully saturated rings. The Bertz CT molecular complexity index is 382. The van der Waals surface area contributed by atoms with E-state index in [0.29, 0.717) is 5.75 Å². The van der Waals surface area contributed by atoms with Crippen LogP contribution in [0.4, 0.5) is 0 Å². The van der Waals surface area contributed by atoms with Crippen molar-refractivity contribution in [3.05, 3.63) is 28.7 Å². The van der Waals surface area contributed by atoms with Crippen LogP contribution >= 0.6 is 15.9 Å². The van der Waals surface area contributed by atoms with Gasteiger partial charge in [0.1, 0.15) is 24.5 Å². The van der Waals surface area contributed by atoms with Crippen molar-refractivity contribution in [3.8, 4) is 5.75 Å². The maximum atomic E-state index is 10.5. The van der Waals surface area contributed by atoms with Crippen molar-refractivity contribution < 1.29 is 19.7 Å². The largest absolute Gasteiger partial charge is 0.491 e. The molecular weight excluding hydrogens is 302 g/mol. The Morgan fingerprint density at radius 2 is 2.06 bits per heavy atom. The van der Waals surface area contributed by atoms with Gasteiger partial charge in [0.25, 0.3) is 0 Å². The number of aliphatic hydroxyl groups excluding tert-OH is 1. The molecule has 0 bridgehead atoms. The van der Waals surface area contributed by atoms with Crippen LogP contribution in [0.15, 0.2) is 28.7 Å². The molecule has 6 heteroatoms. The molecule has 0 unspecified atom stereocenters. The maximum absolute atomic E-state index is 10.5. The molecule has 1 aromatic carbocycles. The molecule has 0 aliphatic carbocycles. The Morgan fingerprint density at radius 1 is 1.44 bits per heavy atom. The van der Waals surface area contributed by atoms with E-state index < -0.39 is 18.1 Å². The zero-order valence-electron chi connectivity index (χ0n) is 9.97. The predicted octanol–water partition coefficient (Wildman–Crippen LogP) is 1.25. The molecule has 100 valence electrons. The number of ether oxygens (including phenoxy) is 1. The van der Waals surface area contributed by atoms with Gasteiger partial charge in [-0.3, -0.25) is 4.79 Å². The summed E-state index contributed by atoms with van der Waals surface area (Å²) in [6.07, 6.45) is -0.754. The quantitative estimate of drug-likeness (QED) is 0.705. The minimum atomic E-state index is -0.948. The average molecular weight is 318 g/mol. The number of nitrogens with one attached hydrogen (secondary N) is 1. The lowest BCUT2D eigenvalue weighted by atomic mass is 10.3. The number of carboxylic acid groups (broad SMARTS) is 1. The van der Waals surface area contributed by atoms with Crippen LogP contribution in [0.3, 0.4) is 0 Å². The molecule has 0 heterocycles. The van der Waals surface area contributed by atoms with Gasteiger partial charge >= 0.3 is 5.97 Å². The summed E-state index contributed by atoms with van der Waals surface area (Å²) in [4.78, 5) is 10.5. The molecule has 0 radical (unpaired) electrons. The first-order valence-corrected chi connectivity index (χ1v) is 6.31. The summed E-state index contributed by atoms with van der Waals surface area (Å²) < 4.78 is 6.31. The second kappa shape index (κ2) is 7.35. The van der Waals surface area contributed by atoms with Crippen LogP contribution in [0.2, 0.25) is 0 Å². The summed E-state index contributed by atoms with van der Waals surface area (Å²) >= 11 is 3.31. The molecule has 0 saturated carbocycles. The normalized spacial score (nSPS) is 13.9. The maximum Gasteiger partial charge on any atom is 0.320 e. The van der Waals surface area contributed by atoms with Gasteiger partial charge in [0.2, 0.25) is 0 Å². The van der Waals surface area contributed by atoms with E-state index in [1.54, 1.807) is 12.1 Å². The van der Waals surface area contributed by atoms with Gasteiger partial charge in [0.05, 0.1) is 0 Å². The number of hydrogen-bond acceptors (Lipinski definition) is 4. The summed E-state index contributed by atoms with van der Waals surface area (Å²) in [6, 6.07) is 6.56. The van der Waals surface area contributed by atoms with Crippen molar-refractivity contribution in [2.75, 3.05) is 13.2 Å². The summed E-state index contributed by atoms with van der Waals surface area (Å²) in [6.45, 7) is 1.80. The highest BCUT2D eigenvalue weighted by atomic mass is 79.9. The standard InChI is InChI=1S/C12H16BrNO4/c1-8(12(16)17)14-6-10(15)7-18-11-4-2-9(13)3-5-11/h2-5,8,10,14-15H,6-7H2,1H3,(H,16,17)/t8-,10+/m1/s1. The number of carbonyl (C=O) groups is 1. The highest BCUT2D eigenvalue weighted by Gasteiger charge is 2.12. The van der Waals surface area contributed by atoms with Crippen molar-refractivity contribution in [1.29, 1.82) is 0 Å². The van der Waals surface area contributed by atoms with Gasteiger partial charge in [-0.05, 0) is 31.2 Å². The van der Waals surface area contributed by atoms with E-state index in [0.717, 1.165) is 4.47 Å². The van der Waals surface area contributed by atoms with Gasteiger partial charge in [-0.15, -0.1) is 0 Å². The lowest BCUT2D eigenvalue weighted by Gasteiger charge is -2.15. The molecule has 3 N–H and O–H groups in total. The molecule has 0 amide bonds. The zero-order valence-corrected chi connectivity index (χ0v) is 11.6. The van der Waals surface area contributed by atoms with Gasteiger partial charge in [-0.1, -0.05) is 15.9 Å². The van der Waals surface area contributed by atoms with Gasteiger partial charge in [-0.2, -0.15) is 0 Å². The highest BCUT2D eigenvalue weighted by molar-refractivity contribution is 9.10. The van der Waals surface area contributed by atoms with Crippen LogP contribution in [-0.2, 0) is 4.79 Å². The molecule has 0 aliphatic rings. The van der Waals surface area contributed by atoms with E-state index in [1.165, 1.54) is 6.92 Å². The molecule has 0 spiro atoms. The van der Waals surface area contributed by atoms with Crippen molar-refractivity contribution in [2.24, 2.45) is 0 Å². The summed E-state index contributed by atoms with van der Waals surface area (Å²) in [5.74, 6) is -0.292. The number of aliphatic hydroxyl groups is 1. The average Bonchev–Trinajstić information content (AvgIpc) is 2.35. The molecule has 5 nitrogen and oxygen atoms in total. The molecule has 1 rings (SSSR count). The lowest BCUT2D eigenvalue weighted by molar-refractivity contribution is -0.139. The van der Waals surface area contributed by atoms with E-state index in [4.69, 9.17) is 9.84 Å². The third-order valence-corrected chi connectivity index (χ3v) is 2.81. The fraction of sp³-hybridized carbons (Fsp3) is 0.417. The smallest absolute Gasteiger partial charge is 0.320 e. The summed E-state index contributed by atoms with van der Waals surface area (Å²) in [5.41, 5.74) is 0. The Labute approximate surface area is 114 Å². The Kier molecular flexibility index (Phi) is 6.11. The van der Waals surface area contributed by atoms with Crippen LogP contribution in [0, 0.1) is 0 Å². The van der Waals surface area contributed by atoms with Crippen LogP contribution in [-0.4, -0.2) is 41.5 Å². The van der Waals surface area contributed by atoms with Crippen LogP contribution in [0.25, 0.3) is 0 Å². The molecule has 0 aromatic heterocycles. The van der Waals surface area contributed by atoms with Gasteiger partial charge in [-0.25, -0.2) is 0 Å². The number of carboxylic acids is 1. The lowest BCUT2D eigenvalue weighted by Crippen LogP contribution is -2.40. The topological polar surface area (TPSA) is 78.8 Å². The number of hydrogen-bond donors (Lipinski definition) is 3. The fourth-order valence-electron chi connectivity index (χ4n) is 1.18. The molecule has 0 saturated heterocycles. The van der Waals surface area contributed by atoms with Crippen molar-refractivity contribution >= 4 is 21.9 Å². The van der Waals surface area contributed by atoms with Gasteiger partial charge in [0, 0.05) is 11.0 Å². The van der Waals surface area contributed by atoms with Crippen molar-refractivity contribution in [3.63, 3.8) is 0 Å². The van der Waals surface area contributed by atoms with Crippen LogP contribution < -0.4 is 10.1 Å². The van der Waals surface area contributed by atoms with E-state index in [9.17, 15) is 9.90 Å². The Hall–Kier alpha value is -1.11. The van der Waals surface area contributed by atoms with E-state index in [1.807, 2.05) is 12.1 Å². The van der Waals surface area contributed by atoms with Gasteiger partial charge in [0.15, 0.2) is 0 Å². The second-order valence-electron chi connectivity index (χ2n) is 3.89. The Morgan fingerprint density at radius 3 is 2.61 bits per heavy atom. The highest BCUT2D eigenvalue weighted by Crippen LogP contribution is 2.16. The third-order valence-electron chi connectivity index (χ3n) is 2.29. The zero-order chi connectivity index (χ0) is 13.5. The minimum absolute atomic E-state index is 0.112. The van der Waals surface area contributed by atoms with Crippen LogP contribution in [0.5, 0.6) is 5.75 Å². The number of benzene rings is 1. The van der Waals surface area contributed by atoms with E-state index in [-0.39, 0.29) is 13.2 Å². The summed E-state index contributed by atoms with van der Waals surface area (Å²) in [5, 5.41) is 20.9. The second-order valence-corrected chi connectivity index (χ2v) is 4.80. The van der Waals surface area contributed by atoms with Gasteiger partial charge < -0.3 is 20.3 Å². The first kappa shape index (κ1) is 14.9. The fourth-order valence-corrected chi connectivity index (χ4v) is 1.45. The molecule has 0 aliphatic heterocycles. The van der Waals surface area contributed by atoms with Crippen LogP contribution in [0.1, 0.15) is 6.92 Å². The predicted molar refractivity (Wildman–Crippen MR) is 70.7 cm³/mol. The molecule has 18 heavy (non-hydrogen) atoms. The molecule has 2 atom stereocenters. The Balaban J connectivity index is 2.26. The number of aliphatic carboxylic acids is 1. The van der Waals surface area contributed by atoms with E-state index >= 15 is 0 Å². The molecule has 1 aromatic rings. The minimum Gasteiger partial charge on any atom is -0.491 e. The summed E-state index contributed by atoms with van der Waals surface area (Å²) in [7, 11) is 0. The third kappa shape index (κ3) is 5.48. The van der Waals surface area contributed by atoms with Crippen molar-refractivity contribution in [1.82, 2.24) is 5.32 Å². The SMILES string of the molecule is C[C@@H](NC[C@H](O)COc1ccc(Br)cc1)C(=O)O. The monoisotopic (exact) mass is 317 g/mol. The number of rotatable bonds is 7.